The van der Waals surface area contributed by atoms with Gasteiger partial charge in [0.05, 0.1) is 0 Å². The molecule has 1 aliphatic rings. The molecule has 2 atom stereocenters. The first kappa shape index (κ1) is 14.5. The molecule has 2 unspecified atom stereocenters. The molecule has 17 heavy (non-hydrogen) atoms. The van der Waals surface area contributed by atoms with Gasteiger partial charge >= 0.3 is 0 Å². The largest absolute Gasteiger partial charge is 0.326 e. The third kappa shape index (κ3) is 3.21. The van der Waals surface area contributed by atoms with Gasteiger partial charge in [-0.05, 0) is 36.5 Å². The summed E-state index contributed by atoms with van der Waals surface area (Å²) in [6, 6.07) is 6.91. The number of benzene rings is 1. The molecule has 0 saturated carbocycles. The maximum absolute atomic E-state index is 6.05. The maximum Gasteiger partial charge on any atom is 0.0237 e. The van der Waals surface area contributed by atoms with E-state index < -0.39 is 0 Å². The molecule has 96 valence electrons. The van der Waals surface area contributed by atoms with Crippen molar-refractivity contribution in [3.63, 3.8) is 0 Å². The normalized spacial score (nSPS) is 24.7. The predicted octanol–water partition coefficient (Wildman–Crippen LogP) is 2.50. The second-order valence-electron chi connectivity index (χ2n) is 5.19. The highest BCUT2D eigenvalue weighted by molar-refractivity contribution is 5.85. The third-order valence-corrected chi connectivity index (χ3v) is 3.86. The zero-order chi connectivity index (χ0) is 11.7. The SMILES string of the molecule is Cc1cccc(CN2CC(C)C(N)C2)c1C.Cl. The molecule has 0 radical (unpaired) electrons. The van der Waals surface area contributed by atoms with Crippen molar-refractivity contribution in [2.24, 2.45) is 11.7 Å². The molecule has 1 saturated heterocycles. The van der Waals surface area contributed by atoms with Crippen molar-refractivity contribution in [2.75, 3.05) is 13.1 Å². The Kier molecular flexibility index (Phi) is 4.99. The fourth-order valence-electron chi connectivity index (χ4n) is 2.45. The Labute approximate surface area is 111 Å². The molecule has 0 aliphatic carbocycles. The van der Waals surface area contributed by atoms with Crippen molar-refractivity contribution in [3.05, 3.63) is 34.9 Å². The second-order valence-corrected chi connectivity index (χ2v) is 5.19. The zero-order valence-corrected chi connectivity index (χ0v) is 11.8. The van der Waals surface area contributed by atoms with Crippen molar-refractivity contribution in [1.82, 2.24) is 4.90 Å². The highest BCUT2D eigenvalue weighted by Crippen LogP contribution is 2.20. The molecule has 2 rings (SSSR count). The molecular formula is C14H23ClN2. The monoisotopic (exact) mass is 254 g/mol. The molecule has 1 aromatic carbocycles. The Bertz CT molecular complexity index is 368. The number of nitrogens with zero attached hydrogens (tertiary/aromatic N) is 1. The molecule has 1 heterocycles. The first-order valence-corrected chi connectivity index (χ1v) is 6.11. The average Bonchev–Trinajstić information content (AvgIpc) is 2.54. The highest BCUT2D eigenvalue weighted by atomic mass is 35.5. The van der Waals surface area contributed by atoms with Crippen molar-refractivity contribution < 1.29 is 0 Å². The molecule has 3 heteroatoms. The number of hydrogen-bond acceptors (Lipinski definition) is 2. The molecule has 2 N–H and O–H groups in total. The number of likely N-dealkylation sites (tertiary alicyclic amines) is 1. The summed E-state index contributed by atoms with van der Waals surface area (Å²) in [5.74, 6) is 0.630. The van der Waals surface area contributed by atoms with Gasteiger partial charge in [-0.1, -0.05) is 25.1 Å². The van der Waals surface area contributed by atoms with Crippen molar-refractivity contribution in [1.29, 1.82) is 0 Å². The summed E-state index contributed by atoms with van der Waals surface area (Å²) < 4.78 is 0. The van der Waals surface area contributed by atoms with Crippen LogP contribution < -0.4 is 5.73 Å². The lowest BCUT2D eigenvalue weighted by molar-refractivity contribution is 0.318. The van der Waals surface area contributed by atoms with Crippen LogP contribution >= 0.6 is 12.4 Å². The Balaban J connectivity index is 0.00000144. The Morgan fingerprint density at radius 1 is 1.29 bits per heavy atom. The van der Waals surface area contributed by atoms with Gasteiger partial charge in [-0.2, -0.15) is 0 Å². The van der Waals surface area contributed by atoms with E-state index in [1.54, 1.807) is 0 Å². The summed E-state index contributed by atoms with van der Waals surface area (Å²) in [7, 11) is 0. The lowest BCUT2D eigenvalue weighted by Gasteiger charge is -2.17. The molecule has 2 nitrogen and oxygen atoms in total. The van der Waals surface area contributed by atoms with Gasteiger partial charge in [-0.25, -0.2) is 0 Å². The van der Waals surface area contributed by atoms with E-state index in [4.69, 9.17) is 5.73 Å². The van der Waals surface area contributed by atoms with Crippen LogP contribution in [0.5, 0.6) is 0 Å². The maximum atomic E-state index is 6.05. The van der Waals surface area contributed by atoms with Crippen LogP contribution in [0.4, 0.5) is 0 Å². The molecule has 0 bridgehead atoms. The minimum absolute atomic E-state index is 0. The minimum atomic E-state index is 0. The third-order valence-electron chi connectivity index (χ3n) is 3.86. The van der Waals surface area contributed by atoms with E-state index in [-0.39, 0.29) is 12.4 Å². The molecule has 1 aliphatic heterocycles. The second kappa shape index (κ2) is 5.85. The van der Waals surface area contributed by atoms with E-state index in [0.717, 1.165) is 19.6 Å². The predicted molar refractivity (Wildman–Crippen MR) is 75.6 cm³/mol. The van der Waals surface area contributed by atoms with Crippen LogP contribution in [0.1, 0.15) is 23.6 Å². The van der Waals surface area contributed by atoms with E-state index in [9.17, 15) is 0 Å². The van der Waals surface area contributed by atoms with Gasteiger partial charge in [0.1, 0.15) is 0 Å². The summed E-state index contributed by atoms with van der Waals surface area (Å²) in [5.41, 5.74) is 10.3. The number of rotatable bonds is 2. The van der Waals surface area contributed by atoms with Gasteiger partial charge in [0, 0.05) is 25.7 Å². The minimum Gasteiger partial charge on any atom is -0.326 e. The molecule has 0 aromatic heterocycles. The van der Waals surface area contributed by atoms with Gasteiger partial charge in [-0.3, -0.25) is 4.90 Å². The molecule has 0 spiro atoms. The van der Waals surface area contributed by atoms with E-state index in [0.29, 0.717) is 12.0 Å². The number of hydrogen-bond donors (Lipinski definition) is 1. The van der Waals surface area contributed by atoms with Gasteiger partial charge < -0.3 is 5.73 Å². The van der Waals surface area contributed by atoms with Crippen LogP contribution in [0.3, 0.4) is 0 Å². The Hall–Kier alpha value is -0.570. The van der Waals surface area contributed by atoms with E-state index in [2.05, 4.69) is 43.9 Å². The topological polar surface area (TPSA) is 29.3 Å². The van der Waals surface area contributed by atoms with Crippen LogP contribution in [0.25, 0.3) is 0 Å². The Morgan fingerprint density at radius 2 is 2.00 bits per heavy atom. The fourth-order valence-corrected chi connectivity index (χ4v) is 2.45. The summed E-state index contributed by atoms with van der Waals surface area (Å²) >= 11 is 0. The van der Waals surface area contributed by atoms with Gasteiger partial charge in [0.2, 0.25) is 0 Å². The van der Waals surface area contributed by atoms with Crippen LogP contribution in [0.15, 0.2) is 18.2 Å². The standard InChI is InChI=1S/C14H22N2.ClH/c1-10-5-4-6-13(12(10)3)8-16-7-11(2)14(15)9-16;/h4-6,11,14H,7-9,15H2,1-3H3;1H. The molecule has 1 aromatic rings. The van der Waals surface area contributed by atoms with E-state index >= 15 is 0 Å². The summed E-state index contributed by atoms with van der Waals surface area (Å²) in [5, 5.41) is 0. The molecular weight excluding hydrogens is 232 g/mol. The zero-order valence-electron chi connectivity index (χ0n) is 10.9. The number of aryl methyl sites for hydroxylation is 1. The van der Waals surface area contributed by atoms with Gasteiger partial charge in [-0.15, -0.1) is 12.4 Å². The average molecular weight is 255 g/mol. The first-order valence-electron chi connectivity index (χ1n) is 6.11. The van der Waals surface area contributed by atoms with Crippen LogP contribution in [-0.2, 0) is 6.54 Å². The van der Waals surface area contributed by atoms with Crippen molar-refractivity contribution in [3.8, 4) is 0 Å². The lowest BCUT2D eigenvalue weighted by Crippen LogP contribution is -2.28. The van der Waals surface area contributed by atoms with Crippen molar-refractivity contribution in [2.45, 2.75) is 33.4 Å². The summed E-state index contributed by atoms with van der Waals surface area (Å²) in [4.78, 5) is 2.47. The molecule has 0 amide bonds. The van der Waals surface area contributed by atoms with Crippen LogP contribution in [0, 0.1) is 19.8 Å². The summed E-state index contributed by atoms with van der Waals surface area (Å²) in [6.45, 7) is 9.85. The van der Waals surface area contributed by atoms with E-state index in [1.165, 1.54) is 16.7 Å². The van der Waals surface area contributed by atoms with Crippen LogP contribution in [-0.4, -0.2) is 24.0 Å². The first-order chi connectivity index (χ1) is 7.58. The fraction of sp³-hybridized carbons (Fsp3) is 0.571. The highest BCUT2D eigenvalue weighted by Gasteiger charge is 2.26. The number of halogens is 1. The van der Waals surface area contributed by atoms with Crippen LogP contribution in [0.2, 0.25) is 0 Å². The van der Waals surface area contributed by atoms with E-state index in [1.807, 2.05) is 0 Å². The number of nitrogens with two attached hydrogens (primary N) is 1. The summed E-state index contributed by atoms with van der Waals surface area (Å²) in [6.07, 6.45) is 0. The lowest BCUT2D eigenvalue weighted by atomic mass is 10.0. The van der Waals surface area contributed by atoms with Gasteiger partial charge in [0.15, 0.2) is 0 Å². The Morgan fingerprint density at radius 3 is 2.59 bits per heavy atom. The molecule has 1 fully saturated rings. The smallest absolute Gasteiger partial charge is 0.0237 e. The van der Waals surface area contributed by atoms with Gasteiger partial charge in [0.25, 0.3) is 0 Å². The van der Waals surface area contributed by atoms with Crippen molar-refractivity contribution >= 4 is 12.4 Å². The quantitative estimate of drug-likeness (QED) is 0.879.